The molecule has 0 saturated carbocycles. The monoisotopic (exact) mass is 224 g/mol. The number of morpholine rings is 1. The second kappa shape index (κ2) is 4.29. The molecule has 0 aromatic heterocycles. The molecule has 0 unspecified atom stereocenters. The molecule has 3 nitrogen and oxygen atoms in total. The highest BCUT2D eigenvalue weighted by Crippen LogP contribution is 2.26. The number of rotatable bonds is 1. The highest BCUT2D eigenvalue weighted by molar-refractivity contribution is 5.67. The first-order valence-corrected chi connectivity index (χ1v) is 5.51. The quantitative estimate of drug-likeness (QED) is 0.742. The molecule has 1 aromatic carbocycles. The highest BCUT2D eigenvalue weighted by Gasteiger charge is 2.23. The Hall–Kier alpha value is -1.29. The van der Waals surface area contributed by atoms with E-state index in [1.807, 2.05) is 13.8 Å². The van der Waals surface area contributed by atoms with Crippen LogP contribution in [0.15, 0.2) is 18.2 Å². The Morgan fingerprint density at radius 3 is 2.50 bits per heavy atom. The van der Waals surface area contributed by atoms with Crippen molar-refractivity contribution in [3.63, 3.8) is 0 Å². The molecule has 0 amide bonds. The van der Waals surface area contributed by atoms with Gasteiger partial charge in [-0.3, -0.25) is 0 Å². The first-order valence-electron chi connectivity index (χ1n) is 5.51. The minimum Gasteiger partial charge on any atom is -0.397 e. The van der Waals surface area contributed by atoms with E-state index in [4.69, 9.17) is 10.5 Å². The van der Waals surface area contributed by atoms with Gasteiger partial charge in [-0.1, -0.05) is 0 Å². The molecule has 1 heterocycles. The van der Waals surface area contributed by atoms with E-state index in [-0.39, 0.29) is 18.0 Å². The van der Waals surface area contributed by atoms with Gasteiger partial charge in [-0.25, -0.2) is 4.39 Å². The van der Waals surface area contributed by atoms with Crippen LogP contribution in [-0.2, 0) is 4.74 Å². The summed E-state index contributed by atoms with van der Waals surface area (Å²) in [5, 5.41) is 0. The summed E-state index contributed by atoms with van der Waals surface area (Å²) >= 11 is 0. The lowest BCUT2D eigenvalue weighted by Crippen LogP contribution is -2.45. The zero-order valence-corrected chi connectivity index (χ0v) is 9.61. The SMILES string of the molecule is C[C@@H]1CN(c2ccc(F)cc2N)C[C@H](C)O1. The summed E-state index contributed by atoms with van der Waals surface area (Å²) < 4.78 is 18.6. The highest BCUT2D eigenvalue weighted by atomic mass is 19.1. The number of nitrogens with zero attached hydrogens (tertiary/aromatic N) is 1. The number of benzene rings is 1. The predicted molar refractivity (Wildman–Crippen MR) is 63.0 cm³/mol. The zero-order chi connectivity index (χ0) is 11.7. The molecule has 1 saturated heterocycles. The Balaban J connectivity index is 2.23. The standard InChI is InChI=1S/C12H17FN2O/c1-8-6-15(7-9(2)16-8)12-4-3-10(13)5-11(12)14/h3-5,8-9H,6-7,14H2,1-2H3/t8-,9+. The summed E-state index contributed by atoms with van der Waals surface area (Å²) in [5.74, 6) is -0.296. The van der Waals surface area contributed by atoms with Crippen molar-refractivity contribution in [2.45, 2.75) is 26.1 Å². The molecule has 1 aliphatic rings. The van der Waals surface area contributed by atoms with Crippen molar-refractivity contribution in [1.82, 2.24) is 0 Å². The fraction of sp³-hybridized carbons (Fsp3) is 0.500. The van der Waals surface area contributed by atoms with Gasteiger partial charge in [0.2, 0.25) is 0 Å². The van der Waals surface area contributed by atoms with Crippen molar-refractivity contribution < 1.29 is 9.13 Å². The molecule has 2 rings (SSSR count). The lowest BCUT2D eigenvalue weighted by atomic mass is 10.1. The van der Waals surface area contributed by atoms with Crippen LogP contribution in [0.2, 0.25) is 0 Å². The van der Waals surface area contributed by atoms with Gasteiger partial charge in [0.05, 0.1) is 23.6 Å². The van der Waals surface area contributed by atoms with E-state index in [2.05, 4.69) is 4.90 Å². The van der Waals surface area contributed by atoms with Crippen molar-refractivity contribution in [2.24, 2.45) is 0 Å². The van der Waals surface area contributed by atoms with Crippen LogP contribution in [0.1, 0.15) is 13.8 Å². The third kappa shape index (κ3) is 2.27. The van der Waals surface area contributed by atoms with Crippen molar-refractivity contribution in [3.05, 3.63) is 24.0 Å². The van der Waals surface area contributed by atoms with Crippen LogP contribution in [0.3, 0.4) is 0 Å². The molecule has 88 valence electrons. The van der Waals surface area contributed by atoms with Gasteiger partial charge in [-0.2, -0.15) is 0 Å². The minimum atomic E-state index is -0.296. The van der Waals surface area contributed by atoms with Crippen molar-refractivity contribution in [1.29, 1.82) is 0 Å². The molecule has 4 heteroatoms. The fourth-order valence-electron chi connectivity index (χ4n) is 2.19. The molecular formula is C12H17FN2O. The number of halogens is 1. The maximum Gasteiger partial charge on any atom is 0.125 e. The van der Waals surface area contributed by atoms with Crippen molar-refractivity contribution in [2.75, 3.05) is 23.7 Å². The Bertz CT molecular complexity index is 373. The Morgan fingerprint density at radius 2 is 1.94 bits per heavy atom. The number of ether oxygens (including phenoxy) is 1. The molecule has 0 aliphatic carbocycles. The summed E-state index contributed by atoms with van der Waals surface area (Å²) in [6.07, 6.45) is 0.349. The van der Waals surface area contributed by atoms with E-state index < -0.39 is 0 Å². The average molecular weight is 224 g/mol. The van der Waals surface area contributed by atoms with Crippen LogP contribution < -0.4 is 10.6 Å². The van der Waals surface area contributed by atoms with E-state index >= 15 is 0 Å². The Morgan fingerprint density at radius 1 is 1.31 bits per heavy atom. The first kappa shape index (κ1) is 11.2. The topological polar surface area (TPSA) is 38.5 Å². The molecule has 0 radical (unpaired) electrons. The van der Waals surface area contributed by atoms with Crippen molar-refractivity contribution in [3.8, 4) is 0 Å². The van der Waals surface area contributed by atoms with Crippen LogP contribution in [0.4, 0.5) is 15.8 Å². The molecule has 0 bridgehead atoms. The summed E-state index contributed by atoms with van der Waals surface area (Å²) in [4.78, 5) is 2.15. The summed E-state index contributed by atoms with van der Waals surface area (Å²) in [6, 6.07) is 4.53. The number of anilines is 2. The van der Waals surface area contributed by atoms with E-state index in [1.165, 1.54) is 12.1 Å². The lowest BCUT2D eigenvalue weighted by molar-refractivity contribution is -0.00517. The summed E-state index contributed by atoms with van der Waals surface area (Å²) in [6.45, 7) is 5.64. The molecule has 0 spiro atoms. The van der Waals surface area contributed by atoms with Gasteiger partial charge in [0.15, 0.2) is 0 Å². The first-order chi connectivity index (χ1) is 7.56. The smallest absolute Gasteiger partial charge is 0.125 e. The minimum absolute atomic E-state index is 0.174. The summed E-state index contributed by atoms with van der Waals surface area (Å²) in [7, 11) is 0. The van der Waals surface area contributed by atoms with Gasteiger partial charge in [0.25, 0.3) is 0 Å². The number of nitrogens with two attached hydrogens (primary N) is 1. The number of hydrogen-bond donors (Lipinski definition) is 1. The third-order valence-electron chi connectivity index (χ3n) is 2.75. The van der Waals surface area contributed by atoms with E-state index in [0.29, 0.717) is 5.69 Å². The Kier molecular flexibility index (Phi) is 3.01. The van der Waals surface area contributed by atoms with Gasteiger partial charge in [0.1, 0.15) is 5.82 Å². The number of nitrogen functional groups attached to an aromatic ring is 1. The molecule has 1 aromatic rings. The normalized spacial score (nSPS) is 25.8. The lowest BCUT2D eigenvalue weighted by Gasteiger charge is -2.37. The zero-order valence-electron chi connectivity index (χ0n) is 9.61. The van der Waals surface area contributed by atoms with Crippen LogP contribution >= 0.6 is 0 Å². The van der Waals surface area contributed by atoms with Gasteiger partial charge in [0, 0.05) is 13.1 Å². The predicted octanol–water partition coefficient (Wildman–Crippen LogP) is 2.02. The van der Waals surface area contributed by atoms with Crippen molar-refractivity contribution >= 4 is 11.4 Å². The van der Waals surface area contributed by atoms with E-state index in [1.54, 1.807) is 6.07 Å². The molecule has 16 heavy (non-hydrogen) atoms. The second-order valence-electron chi connectivity index (χ2n) is 4.37. The maximum absolute atomic E-state index is 12.9. The molecule has 2 atom stereocenters. The summed E-state index contributed by atoms with van der Waals surface area (Å²) in [5.41, 5.74) is 7.20. The van der Waals surface area contributed by atoms with Gasteiger partial charge >= 0.3 is 0 Å². The number of hydrogen-bond acceptors (Lipinski definition) is 3. The third-order valence-corrected chi connectivity index (χ3v) is 2.75. The van der Waals surface area contributed by atoms with Crippen LogP contribution in [0, 0.1) is 5.82 Å². The molecular weight excluding hydrogens is 207 g/mol. The van der Waals surface area contributed by atoms with Crippen LogP contribution in [-0.4, -0.2) is 25.3 Å². The second-order valence-corrected chi connectivity index (χ2v) is 4.37. The van der Waals surface area contributed by atoms with Crippen LogP contribution in [0.25, 0.3) is 0 Å². The maximum atomic E-state index is 12.9. The van der Waals surface area contributed by atoms with E-state index in [9.17, 15) is 4.39 Å². The van der Waals surface area contributed by atoms with Gasteiger partial charge < -0.3 is 15.4 Å². The van der Waals surface area contributed by atoms with Gasteiger partial charge in [-0.05, 0) is 32.0 Å². The van der Waals surface area contributed by atoms with Gasteiger partial charge in [-0.15, -0.1) is 0 Å². The van der Waals surface area contributed by atoms with E-state index in [0.717, 1.165) is 18.8 Å². The van der Waals surface area contributed by atoms with Crippen LogP contribution in [0.5, 0.6) is 0 Å². The average Bonchev–Trinajstić information content (AvgIpc) is 2.15. The fourth-order valence-corrected chi connectivity index (χ4v) is 2.19. The Labute approximate surface area is 95.0 Å². The molecule has 2 N–H and O–H groups in total. The molecule has 1 fully saturated rings. The molecule has 1 aliphatic heterocycles. The largest absolute Gasteiger partial charge is 0.397 e.